The van der Waals surface area contributed by atoms with Crippen molar-refractivity contribution in [1.29, 1.82) is 0 Å². The molecule has 6 nitrogen and oxygen atoms in total. The molecule has 21 heavy (non-hydrogen) atoms. The van der Waals surface area contributed by atoms with E-state index < -0.39 is 12.1 Å². The van der Waals surface area contributed by atoms with Gasteiger partial charge >= 0.3 is 6.08 Å². The van der Waals surface area contributed by atoms with Crippen LogP contribution in [0.5, 0.6) is 0 Å². The van der Waals surface area contributed by atoms with Gasteiger partial charge in [0, 0.05) is 12.2 Å². The van der Waals surface area contributed by atoms with E-state index in [2.05, 4.69) is 19.9 Å². The van der Waals surface area contributed by atoms with Gasteiger partial charge in [0.2, 0.25) is 0 Å². The van der Waals surface area contributed by atoms with Crippen LogP contribution in [0, 0.1) is 6.08 Å². The summed E-state index contributed by atoms with van der Waals surface area (Å²) in [6, 6.07) is 4.85. The lowest BCUT2D eigenvalue weighted by atomic mass is 10.1. The Labute approximate surface area is 120 Å². The molecule has 0 aliphatic rings. The Bertz CT molecular complexity index is 768. The van der Waals surface area contributed by atoms with Crippen LogP contribution in [0.2, 0.25) is 0 Å². The molecule has 0 aromatic carbocycles. The fraction of sp³-hybridized carbons (Fsp3) is 0.286. The highest BCUT2D eigenvalue weighted by Gasteiger charge is 2.21. The van der Waals surface area contributed by atoms with Crippen LogP contribution >= 0.6 is 0 Å². The maximum atomic E-state index is 13.8. The lowest BCUT2D eigenvalue weighted by Crippen LogP contribution is -2.17. The van der Waals surface area contributed by atoms with E-state index in [1.807, 2.05) is 19.9 Å². The summed E-state index contributed by atoms with van der Waals surface area (Å²) in [5.41, 5.74) is 8.06. The number of hydrogen-bond donors (Lipinski definition) is 1. The highest BCUT2D eigenvalue weighted by molar-refractivity contribution is 5.74. The van der Waals surface area contributed by atoms with Gasteiger partial charge in [0.1, 0.15) is 5.52 Å². The molecule has 0 bridgehead atoms. The van der Waals surface area contributed by atoms with Crippen molar-refractivity contribution < 1.29 is 4.39 Å². The average Bonchev–Trinajstić information content (AvgIpc) is 2.90. The molecular formula is C14H15FN6. The van der Waals surface area contributed by atoms with E-state index in [1.165, 1.54) is 0 Å². The van der Waals surface area contributed by atoms with E-state index in [-0.39, 0.29) is 6.04 Å². The van der Waals surface area contributed by atoms with Gasteiger partial charge in [0.25, 0.3) is 0 Å². The molecule has 3 heterocycles. The minimum atomic E-state index is -0.814. The van der Waals surface area contributed by atoms with Crippen molar-refractivity contribution >= 4 is 11.2 Å². The summed E-state index contributed by atoms with van der Waals surface area (Å²) in [7, 11) is 0. The average molecular weight is 286 g/mol. The Morgan fingerprint density at radius 1 is 1.19 bits per heavy atom. The van der Waals surface area contributed by atoms with Crippen LogP contribution in [0.15, 0.2) is 30.7 Å². The number of nitrogens with two attached hydrogens (primary N) is 1. The Morgan fingerprint density at radius 3 is 2.67 bits per heavy atom. The van der Waals surface area contributed by atoms with Gasteiger partial charge in [-0.05, 0) is 26.0 Å². The van der Waals surface area contributed by atoms with Crippen molar-refractivity contribution in [3.05, 3.63) is 48.2 Å². The predicted octanol–water partition coefficient (Wildman–Crippen LogP) is 1.99. The summed E-state index contributed by atoms with van der Waals surface area (Å²) in [6.45, 7) is 3.94. The largest absolute Gasteiger partial charge is 0.318 e. The number of hydrogen-bond acceptors (Lipinski definition) is 5. The molecule has 0 aliphatic heterocycles. The Morgan fingerprint density at radius 2 is 2.00 bits per heavy atom. The summed E-state index contributed by atoms with van der Waals surface area (Å²) in [6.07, 6.45) is 2.45. The molecule has 3 aromatic rings. The molecule has 0 saturated carbocycles. The first kappa shape index (κ1) is 13.6. The number of aromatic nitrogens is 5. The number of fused-ring (bicyclic) bond motifs is 1. The van der Waals surface area contributed by atoms with Crippen LogP contribution in [0.1, 0.15) is 37.3 Å². The molecule has 0 fully saturated rings. The number of rotatable bonds is 3. The van der Waals surface area contributed by atoms with E-state index in [1.54, 1.807) is 29.2 Å². The van der Waals surface area contributed by atoms with Crippen molar-refractivity contribution in [1.82, 2.24) is 24.5 Å². The van der Waals surface area contributed by atoms with Crippen molar-refractivity contribution in [2.75, 3.05) is 0 Å². The Hall–Kier alpha value is -2.41. The first-order valence-corrected chi connectivity index (χ1v) is 6.64. The molecule has 7 heteroatoms. The van der Waals surface area contributed by atoms with Crippen molar-refractivity contribution in [3.8, 4) is 0 Å². The zero-order valence-corrected chi connectivity index (χ0v) is 11.7. The van der Waals surface area contributed by atoms with Gasteiger partial charge < -0.3 is 10.3 Å². The predicted molar refractivity (Wildman–Crippen MR) is 75.9 cm³/mol. The van der Waals surface area contributed by atoms with Gasteiger partial charge in [-0.1, -0.05) is 6.07 Å². The maximum Gasteiger partial charge on any atom is 0.311 e. The summed E-state index contributed by atoms with van der Waals surface area (Å²) >= 11 is 0. The molecule has 0 radical (unpaired) electrons. The second-order valence-electron chi connectivity index (χ2n) is 5.03. The minimum absolute atomic E-state index is 0.114. The lowest BCUT2D eigenvalue weighted by molar-refractivity contribution is 0.527. The molecule has 2 N–H and O–H groups in total. The maximum absolute atomic E-state index is 13.8. The summed E-state index contributed by atoms with van der Waals surface area (Å²) in [5, 5.41) is 0. The fourth-order valence-corrected chi connectivity index (χ4v) is 2.21. The van der Waals surface area contributed by atoms with Gasteiger partial charge in [0.15, 0.2) is 5.65 Å². The second kappa shape index (κ2) is 5.17. The van der Waals surface area contributed by atoms with Gasteiger partial charge in [0.05, 0.1) is 23.8 Å². The van der Waals surface area contributed by atoms with E-state index in [9.17, 15) is 4.39 Å². The smallest absolute Gasteiger partial charge is 0.311 e. The highest BCUT2D eigenvalue weighted by atomic mass is 19.1. The van der Waals surface area contributed by atoms with Gasteiger partial charge in [-0.25, -0.2) is 9.97 Å². The summed E-state index contributed by atoms with van der Waals surface area (Å²) in [5.74, 6) is 0. The van der Waals surface area contributed by atoms with Gasteiger partial charge in [-0.15, -0.1) is 0 Å². The van der Waals surface area contributed by atoms with Crippen LogP contribution < -0.4 is 5.73 Å². The first-order valence-electron chi connectivity index (χ1n) is 6.64. The third kappa shape index (κ3) is 2.36. The van der Waals surface area contributed by atoms with E-state index in [0.717, 1.165) is 0 Å². The zero-order valence-electron chi connectivity index (χ0n) is 11.7. The summed E-state index contributed by atoms with van der Waals surface area (Å²) < 4.78 is 15.5. The number of imidazole rings is 1. The van der Waals surface area contributed by atoms with E-state index in [0.29, 0.717) is 22.6 Å². The standard InChI is InChI=1S/C14H15FN6/c1-8(2)21-7-18-12-11(19-14(15)20-13(12)21)10(16)9-5-3-4-6-17-9/h3-8,10H,16H2,1-2H3. The molecule has 3 rings (SSSR count). The van der Waals surface area contributed by atoms with Crippen molar-refractivity contribution in [2.24, 2.45) is 5.73 Å². The van der Waals surface area contributed by atoms with Gasteiger partial charge in [-0.2, -0.15) is 9.37 Å². The van der Waals surface area contributed by atoms with Gasteiger partial charge in [-0.3, -0.25) is 4.98 Å². The van der Waals surface area contributed by atoms with E-state index >= 15 is 0 Å². The minimum Gasteiger partial charge on any atom is -0.318 e. The molecule has 0 aliphatic carbocycles. The van der Waals surface area contributed by atoms with Crippen molar-refractivity contribution in [2.45, 2.75) is 25.9 Å². The third-order valence-corrected chi connectivity index (χ3v) is 3.28. The van der Waals surface area contributed by atoms with Crippen LogP contribution in [-0.2, 0) is 0 Å². The number of nitrogens with zero attached hydrogens (tertiary/aromatic N) is 5. The number of halogens is 1. The van der Waals surface area contributed by atoms with E-state index in [4.69, 9.17) is 5.73 Å². The van der Waals surface area contributed by atoms with Crippen LogP contribution in [-0.4, -0.2) is 24.5 Å². The zero-order chi connectivity index (χ0) is 15.0. The quantitative estimate of drug-likeness (QED) is 0.744. The van der Waals surface area contributed by atoms with Crippen LogP contribution in [0.25, 0.3) is 11.2 Å². The molecule has 1 atom stereocenters. The molecular weight excluding hydrogens is 271 g/mol. The second-order valence-corrected chi connectivity index (χ2v) is 5.03. The molecule has 108 valence electrons. The Balaban J connectivity index is 2.19. The van der Waals surface area contributed by atoms with Crippen LogP contribution in [0.3, 0.4) is 0 Å². The van der Waals surface area contributed by atoms with Crippen molar-refractivity contribution in [3.63, 3.8) is 0 Å². The highest BCUT2D eigenvalue weighted by Crippen LogP contribution is 2.24. The molecule has 0 amide bonds. The SMILES string of the molecule is CC(C)n1cnc2c(C(N)c3ccccn3)nc(F)nc21. The molecule has 0 spiro atoms. The Kier molecular flexibility index (Phi) is 3.34. The number of pyridine rings is 1. The monoisotopic (exact) mass is 286 g/mol. The lowest BCUT2D eigenvalue weighted by Gasteiger charge is -2.12. The van der Waals surface area contributed by atoms with Crippen LogP contribution in [0.4, 0.5) is 4.39 Å². The molecule has 1 unspecified atom stereocenters. The third-order valence-electron chi connectivity index (χ3n) is 3.28. The topological polar surface area (TPSA) is 82.5 Å². The summed E-state index contributed by atoms with van der Waals surface area (Å²) in [4.78, 5) is 16.2. The molecule has 0 saturated heterocycles. The normalized spacial score (nSPS) is 13.0. The molecule has 3 aromatic heterocycles. The first-order chi connectivity index (χ1) is 10.1. The fourth-order valence-electron chi connectivity index (χ4n) is 2.21.